The van der Waals surface area contributed by atoms with Gasteiger partial charge in [0.05, 0.1) is 0 Å². The average molecular weight is 394 g/mol. The lowest BCUT2D eigenvalue weighted by Crippen LogP contribution is -2.29. The molecule has 0 spiro atoms. The molecule has 2 amide bonds. The van der Waals surface area contributed by atoms with E-state index in [1.54, 1.807) is 18.2 Å². The van der Waals surface area contributed by atoms with Gasteiger partial charge in [-0.25, -0.2) is 0 Å². The Labute approximate surface area is 163 Å². The maximum Gasteiger partial charge on any atom is 0.269 e. The molecule has 26 heavy (non-hydrogen) atoms. The predicted octanol–water partition coefficient (Wildman–Crippen LogP) is 3.75. The van der Waals surface area contributed by atoms with Gasteiger partial charge in [-0.05, 0) is 42.2 Å². The number of halogens is 2. The molecule has 0 fully saturated rings. The van der Waals surface area contributed by atoms with E-state index in [1.807, 2.05) is 19.9 Å². The topological polar surface area (TPSA) is 71.1 Å². The van der Waals surface area contributed by atoms with Crippen molar-refractivity contribution in [3.05, 3.63) is 63.4 Å². The minimum Gasteiger partial charge on any atom is -0.352 e. The third-order valence-electron chi connectivity index (χ3n) is 3.62. The van der Waals surface area contributed by atoms with Gasteiger partial charge in [0.2, 0.25) is 0 Å². The van der Waals surface area contributed by atoms with Crippen molar-refractivity contribution in [1.82, 2.24) is 15.6 Å². The maximum atomic E-state index is 12.3. The van der Waals surface area contributed by atoms with Gasteiger partial charge in [-0.2, -0.15) is 0 Å². The van der Waals surface area contributed by atoms with Crippen LogP contribution in [0.25, 0.3) is 0 Å². The monoisotopic (exact) mass is 393 g/mol. The number of carbonyl (C=O) groups is 2. The molecular weight excluding hydrogens is 373 g/mol. The van der Waals surface area contributed by atoms with E-state index in [2.05, 4.69) is 15.6 Å². The van der Waals surface area contributed by atoms with Gasteiger partial charge in [-0.15, -0.1) is 0 Å². The van der Waals surface area contributed by atoms with Crippen LogP contribution in [0.5, 0.6) is 0 Å². The zero-order valence-electron chi connectivity index (χ0n) is 14.7. The van der Waals surface area contributed by atoms with E-state index in [0.29, 0.717) is 41.0 Å². The molecule has 0 atom stereocenters. The zero-order chi connectivity index (χ0) is 19.1. The third kappa shape index (κ3) is 6.00. The molecule has 2 N–H and O–H groups in total. The molecule has 1 aromatic heterocycles. The molecule has 2 aromatic rings. The van der Waals surface area contributed by atoms with Gasteiger partial charge in [0.15, 0.2) is 0 Å². The number of hydrogen-bond donors (Lipinski definition) is 2. The number of nitrogens with zero attached hydrogens (tertiary/aromatic N) is 1. The molecule has 0 aliphatic heterocycles. The van der Waals surface area contributed by atoms with Crippen LogP contribution in [-0.4, -0.2) is 29.9 Å². The number of benzene rings is 1. The zero-order valence-corrected chi connectivity index (χ0v) is 16.2. The second-order valence-electron chi connectivity index (χ2n) is 6.28. The van der Waals surface area contributed by atoms with Crippen LogP contribution in [0, 0.1) is 5.92 Å². The van der Waals surface area contributed by atoms with Crippen LogP contribution in [0.2, 0.25) is 10.0 Å². The highest BCUT2D eigenvalue weighted by molar-refractivity contribution is 6.35. The van der Waals surface area contributed by atoms with Crippen LogP contribution < -0.4 is 10.6 Å². The van der Waals surface area contributed by atoms with Gasteiger partial charge in [0.25, 0.3) is 11.8 Å². The lowest BCUT2D eigenvalue weighted by atomic mass is 10.1. The Balaban J connectivity index is 1.93. The van der Waals surface area contributed by atoms with E-state index in [4.69, 9.17) is 23.2 Å². The van der Waals surface area contributed by atoms with Gasteiger partial charge in [0, 0.05) is 34.9 Å². The third-order valence-corrected chi connectivity index (χ3v) is 4.21. The molecule has 0 aliphatic rings. The molecule has 2 rings (SSSR count). The van der Waals surface area contributed by atoms with E-state index >= 15 is 0 Å². The number of amides is 2. The first kappa shape index (κ1) is 20.2. The highest BCUT2D eigenvalue weighted by Crippen LogP contribution is 2.21. The van der Waals surface area contributed by atoms with Crippen LogP contribution >= 0.6 is 23.2 Å². The summed E-state index contributed by atoms with van der Waals surface area (Å²) in [7, 11) is 0. The summed E-state index contributed by atoms with van der Waals surface area (Å²) in [6.07, 6.45) is 2.02. The van der Waals surface area contributed by atoms with E-state index in [0.717, 1.165) is 5.56 Å². The first-order valence-electron chi connectivity index (χ1n) is 8.33. The van der Waals surface area contributed by atoms with Crippen molar-refractivity contribution in [2.24, 2.45) is 5.92 Å². The van der Waals surface area contributed by atoms with Crippen molar-refractivity contribution in [1.29, 1.82) is 0 Å². The Morgan fingerprint density at radius 2 is 1.85 bits per heavy atom. The molecule has 0 saturated heterocycles. The van der Waals surface area contributed by atoms with Crippen LogP contribution in [-0.2, 0) is 6.42 Å². The Bertz CT molecular complexity index is 794. The minimum absolute atomic E-state index is 0.199. The summed E-state index contributed by atoms with van der Waals surface area (Å²) in [6.45, 7) is 4.99. The summed E-state index contributed by atoms with van der Waals surface area (Å²) in [5.74, 6) is -0.208. The summed E-state index contributed by atoms with van der Waals surface area (Å²) in [5.41, 5.74) is 1.50. The Kier molecular flexibility index (Phi) is 7.42. The first-order valence-corrected chi connectivity index (χ1v) is 9.08. The van der Waals surface area contributed by atoms with Gasteiger partial charge in [-0.1, -0.05) is 43.1 Å². The molecule has 138 valence electrons. The number of hydrogen-bond acceptors (Lipinski definition) is 3. The predicted molar refractivity (Wildman–Crippen MR) is 104 cm³/mol. The smallest absolute Gasteiger partial charge is 0.269 e. The number of rotatable bonds is 7. The van der Waals surface area contributed by atoms with Crippen LogP contribution in [0.3, 0.4) is 0 Å². The fourth-order valence-electron chi connectivity index (χ4n) is 2.22. The Hall–Kier alpha value is -2.11. The van der Waals surface area contributed by atoms with Gasteiger partial charge >= 0.3 is 0 Å². The lowest BCUT2D eigenvalue weighted by molar-refractivity contribution is 0.0949. The average Bonchev–Trinajstić information content (AvgIpc) is 2.61. The van der Waals surface area contributed by atoms with Crippen LogP contribution in [0.15, 0.2) is 36.5 Å². The molecular formula is C19H21Cl2N3O2. The van der Waals surface area contributed by atoms with E-state index in [9.17, 15) is 9.59 Å². The molecule has 5 nitrogen and oxygen atoms in total. The molecule has 0 saturated carbocycles. The molecule has 1 aromatic carbocycles. The van der Waals surface area contributed by atoms with Gasteiger partial charge in [-0.3, -0.25) is 14.6 Å². The Morgan fingerprint density at radius 3 is 2.54 bits per heavy atom. The summed E-state index contributed by atoms with van der Waals surface area (Å²) < 4.78 is 0. The fraction of sp³-hybridized carbons (Fsp3) is 0.316. The first-order chi connectivity index (χ1) is 12.4. The van der Waals surface area contributed by atoms with Crippen molar-refractivity contribution in [2.45, 2.75) is 20.3 Å². The van der Waals surface area contributed by atoms with Crippen molar-refractivity contribution < 1.29 is 9.59 Å². The number of pyridine rings is 1. The molecule has 7 heteroatoms. The molecule has 0 radical (unpaired) electrons. The molecule has 1 heterocycles. The van der Waals surface area contributed by atoms with Crippen LogP contribution in [0.1, 0.15) is 40.3 Å². The van der Waals surface area contributed by atoms with Crippen molar-refractivity contribution in [3.8, 4) is 0 Å². The maximum absolute atomic E-state index is 12.3. The number of carbonyl (C=O) groups excluding carboxylic acids is 2. The van der Waals surface area contributed by atoms with E-state index in [-0.39, 0.29) is 17.5 Å². The van der Waals surface area contributed by atoms with E-state index < -0.39 is 0 Å². The number of nitrogens with one attached hydrogen (secondary N) is 2. The molecule has 0 aliphatic carbocycles. The second kappa shape index (κ2) is 9.55. The quantitative estimate of drug-likeness (QED) is 0.752. The van der Waals surface area contributed by atoms with Crippen LogP contribution in [0.4, 0.5) is 0 Å². The van der Waals surface area contributed by atoms with Gasteiger partial charge < -0.3 is 10.6 Å². The SMILES string of the molecule is CC(C)CNC(=O)c1ccnc(C(=O)NCCc2ccc(Cl)cc2Cl)c1. The van der Waals surface area contributed by atoms with Gasteiger partial charge in [0.1, 0.15) is 5.69 Å². The summed E-state index contributed by atoms with van der Waals surface area (Å²) in [4.78, 5) is 28.4. The largest absolute Gasteiger partial charge is 0.352 e. The molecule has 0 bridgehead atoms. The van der Waals surface area contributed by atoms with Crippen molar-refractivity contribution in [2.75, 3.05) is 13.1 Å². The minimum atomic E-state index is -0.339. The second-order valence-corrected chi connectivity index (χ2v) is 7.12. The highest BCUT2D eigenvalue weighted by atomic mass is 35.5. The summed E-state index contributed by atoms with van der Waals surface area (Å²) in [5, 5.41) is 6.73. The summed E-state index contributed by atoms with van der Waals surface area (Å²) in [6, 6.07) is 8.32. The summed E-state index contributed by atoms with van der Waals surface area (Å²) >= 11 is 12.0. The number of aromatic nitrogens is 1. The van der Waals surface area contributed by atoms with E-state index in [1.165, 1.54) is 12.3 Å². The van der Waals surface area contributed by atoms with Crippen molar-refractivity contribution in [3.63, 3.8) is 0 Å². The highest BCUT2D eigenvalue weighted by Gasteiger charge is 2.12. The standard InChI is InChI=1S/C19H21Cl2N3O2/c1-12(2)11-24-18(25)14-6-7-22-17(9-14)19(26)23-8-5-13-3-4-15(20)10-16(13)21/h3-4,6-7,9-10,12H,5,8,11H2,1-2H3,(H,23,26)(H,24,25). The molecule has 0 unspecified atom stereocenters. The Morgan fingerprint density at radius 1 is 1.08 bits per heavy atom. The fourth-order valence-corrected chi connectivity index (χ4v) is 2.72. The lowest BCUT2D eigenvalue weighted by Gasteiger charge is -2.09. The normalized spacial score (nSPS) is 10.7. The van der Waals surface area contributed by atoms with Crippen molar-refractivity contribution >= 4 is 35.0 Å².